The average Bonchev–Trinajstić information content (AvgIpc) is 2.48. The highest BCUT2D eigenvalue weighted by Crippen LogP contribution is 2.34. The van der Waals surface area contributed by atoms with E-state index in [2.05, 4.69) is 0 Å². The molecule has 20 heavy (non-hydrogen) atoms. The number of halogens is 2. The molecule has 0 aliphatic heterocycles. The number of carbonyl (C=O) groups excluding carboxylic acids is 1. The zero-order valence-electron chi connectivity index (χ0n) is 10.9. The van der Waals surface area contributed by atoms with Gasteiger partial charge in [0.1, 0.15) is 5.82 Å². The van der Waals surface area contributed by atoms with Gasteiger partial charge in [-0.2, -0.15) is 0 Å². The first-order valence-corrected chi connectivity index (χ1v) is 7.11. The minimum Gasteiger partial charge on any atom is -0.293 e. The Morgan fingerprint density at radius 1 is 1.20 bits per heavy atom. The molecule has 0 fully saturated rings. The molecule has 1 unspecified atom stereocenters. The summed E-state index contributed by atoms with van der Waals surface area (Å²) in [5.41, 5.74) is 2.32. The van der Waals surface area contributed by atoms with E-state index in [0.717, 1.165) is 24.8 Å². The van der Waals surface area contributed by atoms with Crippen LogP contribution in [-0.4, -0.2) is 5.78 Å². The fraction of sp³-hybridized carbons (Fsp3) is 0.235. The van der Waals surface area contributed by atoms with E-state index in [1.807, 2.05) is 24.3 Å². The number of ketones is 1. The lowest BCUT2D eigenvalue weighted by atomic mass is 9.79. The standard InChI is InChI=1S/C17H14ClFO/c18-12-8-9-16(19)15(10-12)17(20)14-7-3-5-11-4-1-2-6-13(11)14/h1-2,4,6,8-10,14H,3,5,7H2. The minimum atomic E-state index is -0.498. The molecule has 0 bridgehead atoms. The number of hydrogen-bond acceptors (Lipinski definition) is 1. The molecule has 0 aromatic heterocycles. The van der Waals surface area contributed by atoms with E-state index in [4.69, 9.17) is 11.6 Å². The van der Waals surface area contributed by atoms with Crippen LogP contribution in [0.3, 0.4) is 0 Å². The van der Waals surface area contributed by atoms with Crippen LogP contribution < -0.4 is 0 Å². The highest BCUT2D eigenvalue weighted by molar-refractivity contribution is 6.31. The van der Waals surface area contributed by atoms with Gasteiger partial charge in [-0.15, -0.1) is 0 Å². The van der Waals surface area contributed by atoms with E-state index < -0.39 is 5.82 Å². The fourth-order valence-electron chi connectivity index (χ4n) is 2.90. The van der Waals surface area contributed by atoms with Crippen molar-refractivity contribution in [2.24, 2.45) is 0 Å². The molecule has 0 saturated heterocycles. The van der Waals surface area contributed by atoms with Crippen LogP contribution in [0.15, 0.2) is 42.5 Å². The molecule has 102 valence electrons. The summed E-state index contributed by atoms with van der Waals surface area (Å²) in [6, 6.07) is 12.1. The van der Waals surface area contributed by atoms with Gasteiger partial charge in [0.25, 0.3) is 0 Å². The van der Waals surface area contributed by atoms with E-state index in [0.29, 0.717) is 5.02 Å². The van der Waals surface area contributed by atoms with Crippen molar-refractivity contribution in [3.63, 3.8) is 0 Å². The second-order valence-electron chi connectivity index (χ2n) is 5.13. The molecule has 1 atom stereocenters. The number of Topliss-reactive ketones (excluding diaryl/α,β-unsaturated/α-hetero) is 1. The summed E-state index contributed by atoms with van der Waals surface area (Å²) in [6.07, 6.45) is 2.70. The first-order chi connectivity index (χ1) is 9.66. The summed E-state index contributed by atoms with van der Waals surface area (Å²) >= 11 is 5.88. The Morgan fingerprint density at radius 3 is 2.85 bits per heavy atom. The quantitative estimate of drug-likeness (QED) is 0.727. The Kier molecular flexibility index (Phi) is 3.58. The second-order valence-corrected chi connectivity index (χ2v) is 5.57. The van der Waals surface area contributed by atoms with Crippen molar-refractivity contribution in [3.05, 3.63) is 70.0 Å². The molecule has 0 N–H and O–H groups in total. The molecule has 1 aliphatic carbocycles. The van der Waals surface area contributed by atoms with E-state index in [1.165, 1.54) is 23.8 Å². The van der Waals surface area contributed by atoms with Gasteiger partial charge in [0.2, 0.25) is 0 Å². The molecular weight excluding hydrogens is 275 g/mol. The van der Waals surface area contributed by atoms with Gasteiger partial charge >= 0.3 is 0 Å². The molecule has 0 saturated carbocycles. The number of fused-ring (bicyclic) bond motifs is 1. The van der Waals surface area contributed by atoms with Gasteiger partial charge in [0, 0.05) is 10.9 Å². The molecule has 1 nitrogen and oxygen atoms in total. The highest BCUT2D eigenvalue weighted by Gasteiger charge is 2.28. The van der Waals surface area contributed by atoms with Gasteiger partial charge in [-0.3, -0.25) is 4.79 Å². The Hall–Kier alpha value is -1.67. The first-order valence-electron chi connectivity index (χ1n) is 6.74. The maximum Gasteiger partial charge on any atom is 0.173 e. The number of rotatable bonds is 2. The summed E-state index contributed by atoms with van der Waals surface area (Å²) in [5, 5.41) is 0.388. The maximum absolute atomic E-state index is 13.9. The third kappa shape index (κ3) is 2.36. The van der Waals surface area contributed by atoms with Crippen LogP contribution in [0.5, 0.6) is 0 Å². The number of hydrogen-bond donors (Lipinski definition) is 0. The summed E-state index contributed by atoms with van der Waals surface area (Å²) in [5.74, 6) is -0.924. The predicted molar refractivity (Wildman–Crippen MR) is 77.9 cm³/mol. The van der Waals surface area contributed by atoms with Crippen LogP contribution in [0.1, 0.15) is 40.2 Å². The zero-order valence-corrected chi connectivity index (χ0v) is 11.7. The van der Waals surface area contributed by atoms with E-state index in [-0.39, 0.29) is 17.3 Å². The van der Waals surface area contributed by atoms with Crippen molar-refractivity contribution in [3.8, 4) is 0 Å². The number of carbonyl (C=O) groups is 1. The summed E-state index contributed by atoms with van der Waals surface area (Å²) in [7, 11) is 0. The van der Waals surface area contributed by atoms with Gasteiger partial charge in [0.05, 0.1) is 5.56 Å². The fourth-order valence-corrected chi connectivity index (χ4v) is 3.07. The zero-order chi connectivity index (χ0) is 14.1. The molecule has 3 heteroatoms. The topological polar surface area (TPSA) is 17.1 Å². The average molecular weight is 289 g/mol. The van der Waals surface area contributed by atoms with Crippen molar-refractivity contribution in [1.29, 1.82) is 0 Å². The molecule has 0 heterocycles. The lowest BCUT2D eigenvalue weighted by Crippen LogP contribution is -2.19. The monoisotopic (exact) mass is 288 g/mol. The normalized spacial score (nSPS) is 17.6. The molecule has 0 radical (unpaired) electrons. The Balaban J connectivity index is 2.02. The summed E-state index contributed by atoms with van der Waals surface area (Å²) in [6.45, 7) is 0. The first kappa shape index (κ1) is 13.3. The molecule has 2 aromatic rings. The van der Waals surface area contributed by atoms with E-state index in [9.17, 15) is 9.18 Å². The van der Waals surface area contributed by atoms with Crippen molar-refractivity contribution < 1.29 is 9.18 Å². The Bertz CT molecular complexity index is 666. The lowest BCUT2D eigenvalue weighted by Gasteiger charge is -2.24. The van der Waals surface area contributed by atoms with Crippen molar-refractivity contribution >= 4 is 17.4 Å². The van der Waals surface area contributed by atoms with Gasteiger partial charge in [0.15, 0.2) is 5.78 Å². The van der Waals surface area contributed by atoms with Crippen LogP contribution in [0.4, 0.5) is 4.39 Å². The predicted octanol–water partition coefficient (Wildman–Crippen LogP) is 4.78. The Labute approximate surface area is 122 Å². The second kappa shape index (κ2) is 5.37. The van der Waals surface area contributed by atoms with Crippen molar-refractivity contribution in [2.45, 2.75) is 25.2 Å². The lowest BCUT2D eigenvalue weighted by molar-refractivity contribution is 0.0947. The molecule has 0 amide bonds. The van der Waals surface area contributed by atoms with Crippen molar-refractivity contribution in [2.75, 3.05) is 0 Å². The van der Waals surface area contributed by atoms with Gasteiger partial charge < -0.3 is 0 Å². The molecule has 0 spiro atoms. The number of aryl methyl sites for hydroxylation is 1. The molecule has 3 rings (SSSR count). The van der Waals surface area contributed by atoms with Crippen molar-refractivity contribution in [1.82, 2.24) is 0 Å². The smallest absolute Gasteiger partial charge is 0.173 e. The number of benzene rings is 2. The van der Waals surface area contributed by atoms with Crippen LogP contribution in [0, 0.1) is 5.82 Å². The van der Waals surface area contributed by atoms with Gasteiger partial charge in [-0.1, -0.05) is 35.9 Å². The molecule has 2 aromatic carbocycles. The minimum absolute atomic E-state index is 0.0965. The SMILES string of the molecule is O=C(c1cc(Cl)ccc1F)C1CCCc2ccccc21. The van der Waals surface area contributed by atoms with Crippen LogP contribution in [-0.2, 0) is 6.42 Å². The maximum atomic E-state index is 13.9. The van der Waals surface area contributed by atoms with Crippen LogP contribution >= 0.6 is 11.6 Å². The summed E-state index contributed by atoms with van der Waals surface area (Å²) in [4.78, 5) is 12.6. The third-order valence-corrected chi connectivity index (χ3v) is 4.11. The van der Waals surface area contributed by atoms with Gasteiger partial charge in [-0.05, 0) is 48.6 Å². The summed E-state index contributed by atoms with van der Waals surface area (Å²) < 4.78 is 13.9. The molecular formula is C17H14ClFO. The third-order valence-electron chi connectivity index (χ3n) is 3.88. The Morgan fingerprint density at radius 2 is 2.00 bits per heavy atom. The van der Waals surface area contributed by atoms with Crippen LogP contribution in [0.2, 0.25) is 5.02 Å². The van der Waals surface area contributed by atoms with Crippen LogP contribution in [0.25, 0.3) is 0 Å². The largest absolute Gasteiger partial charge is 0.293 e. The molecule has 1 aliphatic rings. The van der Waals surface area contributed by atoms with E-state index in [1.54, 1.807) is 0 Å². The van der Waals surface area contributed by atoms with Gasteiger partial charge in [-0.25, -0.2) is 4.39 Å². The van der Waals surface area contributed by atoms with E-state index >= 15 is 0 Å². The highest BCUT2D eigenvalue weighted by atomic mass is 35.5.